The van der Waals surface area contributed by atoms with E-state index in [9.17, 15) is 15.3 Å². The number of halogens is 2. The van der Waals surface area contributed by atoms with Gasteiger partial charge in [-0.1, -0.05) is 70.0 Å². The minimum atomic E-state index is -1.88. The molecule has 3 aromatic rings. The quantitative estimate of drug-likeness (QED) is 0.523. The van der Waals surface area contributed by atoms with Crippen molar-refractivity contribution in [2.45, 2.75) is 23.2 Å². The number of aliphatic hydroxyl groups is 3. The van der Waals surface area contributed by atoms with Crippen LogP contribution in [0.4, 0.5) is 0 Å². The minimum Gasteiger partial charge on any atom is -0.476 e. The van der Waals surface area contributed by atoms with Crippen molar-refractivity contribution in [3.63, 3.8) is 0 Å². The second kappa shape index (κ2) is 7.04. The van der Waals surface area contributed by atoms with Gasteiger partial charge in [-0.05, 0) is 23.3 Å². The van der Waals surface area contributed by atoms with E-state index in [0.717, 1.165) is 10.0 Å². The maximum atomic E-state index is 12.1. The summed E-state index contributed by atoms with van der Waals surface area (Å²) in [4.78, 5) is 4.35. The van der Waals surface area contributed by atoms with Crippen molar-refractivity contribution in [3.05, 3.63) is 93.2 Å². The molecule has 1 aliphatic heterocycles. The fourth-order valence-electron chi connectivity index (χ4n) is 5.17. The highest BCUT2D eigenvalue weighted by Crippen LogP contribution is 2.67. The van der Waals surface area contributed by atoms with E-state index in [1.807, 2.05) is 54.6 Å². The molecule has 1 aromatic heterocycles. The number of pyridine rings is 1. The second-order valence-corrected chi connectivity index (χ2v) is 9.14. The number of ether oxygens (including phenoxy) is 1. The van der Waals surface area contributed by atoms with Crippen LogP contribution < -0.4 is 4.74 Å². The fourth-order valence-corrected chi connectivity index (χ4v) is 5.58. The van der Waals surface area contributed by atoms with Crippen LogP contribution in [0.25, 0.3) is 0 Å². The zero-order valence-corrected chi connectivity index (χ0v) is 18.1. The lowest BCUT2D eigenvalue weighted by atomic mass is 9.71. The third-order valence-corrected chi connectivity index (χ3v) is 7.10. The second-order valence-electron chi connectivity index (χ2n) is 7.79. The first-order valence-electron chi connectivity index (χ1n) is 9.61. The number of hydrogen-bond donors (Lipinski definition) is 3. The van der Waals surface area contributed by atoms with E-state index < -0.39 is 29.1 Å². The summed E-state index contributed by atoms with van der Waals surface area (Å²) >= 11 is 9.60. The van der Waals surface area contributed by atoms with Crippen LogP contribution in [0.5, 0.6) is 5.75 Å². The van der Waals surface area contributed by atoms with E-state index >= 15 is 0 Å². The van der Waals surface area contributed by atoms with Gasteiger partial charge in [0.05, 0.1) is 11.1 Å². The van der Waals surface area contributed by atoms with Crippen LogP contribution in [0.3, 0.4) is 0 Å². The predicted molar refractivity (Wildman–Crippen MR) is 115 cm³/mol. The Labute approximate surface area is 187 Å². The van der Waals surface area contributed by atoms with E-state index in [1.165, 1.54) is 6.20 Å². The molecule has 5 atom stereocenters. The summed E-state index contributed by atoms with van der Waals surface area (Å²) < 4.78 is 7.39. The van der Waals surface area contributed by atoms with Gasteiger partial charge < -0.3 is 20.1 Å². The van der Waals surface area contributed by atoms with E-state index in [-0.39, 0.29) is 12.3 Å². The molecule has 2 aromatic carbocycles. The lowest BCUT2D eigenvalue weighted by molar-refractivity contribution is -0.154. The van der Waals surface area contributed by atoms with Crippen LogP contribution in [-0.2, 0) is 11.2 Å². The smallest absolute Gasteiger partial charge is 0.181 e. The first-order chi connectivity index (χ1) is 14.4. The highest BCUT2D eigenvalue weighted by Gasteiger charge is 2.76. The molecular weight excluding hydrogens is 470 g/mol. The third-order valence-electron chi connectivity index (χ3n) is 6.36. The summed E-state index contributed by atoms with van der Waals surface area (Å²) in [6, 6.07) is 18.5. The lowest BCUT2D eigenvalue weighted by Gasteiger charge is -2.40. The first-order valence-corrected chi connectivity index (χ1v) is 10.8. The molecule has 0 amide bonds. The molecule has 3 N–H and O–H groups in total. The molecule has 30 heavy (non-hydrogen) atoms. The number of aliphatic hydroxyl groups excluding tert-OH is 2. The van der Waals surface area contributed by atoms with E-state index in [0.29, 0.717) is 16.3 Å². The zero-order chi connectivity index (χ0) is 21.1. The molecule has 7 heteroatoms. The van der Waals surface area contributed by atoms with Gasteiger partial charge in [0.25, 0.3) is 0 Å². The van der Waals surface area contributed by atoms with Gasteiger partial charge >= 0.3 is 0 Å². The van der Waals surface area contributed by atoms with Crippen LogP contribution in [-0.4, -0.2) is 33.0 Å². The summed E-state index contributed by atoms with van der Waals surface area (Å²) in [6.45, 7) is -0.326. The molecule has 5 rings (SSSR count). The maximum Gasteiger partial charge on any atom is 0.181 e. The van der Waals surface area contributed by atoms with Crippen LogP contribution in [0.15, 0.2) is 71.3 Å². The number of hydrogen-bond acceptors (Lipinski definition) is 5. The minimum absolute atomic E-state index is 0.221. The average Bonchev–Trinajstić information content (AvgIpc) is 3.12. The van der Waals surface area contributed by atoms with Crippen LogP contribution >= 0.6 is 27.5 Å². The predicted octanol–water partition coefficient (Wildman–Crippen LogP) is 3.74. The summed E-state index contributed by atoms with van der Waals surface area (Å²) in [7, 11) is 0. The summed E-state index contributed by atoms with van der Waals surface area (Å²) in [6.07, 6.45) is 0.113. The average molecular weight is 489 g/mol. The zero-order valence-electron chi connectivity index (χ0n) is 15.7. The van der Waals surface area contributed by atoms with Crippen molar-refractivity contribution in [3.8, 4) is 5.75 Å². The SMILES string of the molecule is OC[C@H]1[C@@H](O)[C@@]2(O)c3ncc(Cl)cc3O[C@@]2(c2ccc(Br)cc2)[C@@H]1c1ccccc1. The van der Waals surface area contributed by atoms with Crippen LogP contribution in [0.2, 0.25) is 5.02 Å². The Morgan fingerprint density at radius 1 is 1.10 bits per heavy atom. The molecule has 2 heterocycles. The van der Waals surface area contributed by atoms with Gasteiger partial charge in [-0.25, -0.2) is 0 Å². The van der Waals surface area contributed by atoms with Crippen molar-refractivity contribution in [1.29, 1.82) is 0 Å². The van der Waals surface area contributed by atoms with Gasteiger partial charge in [0.2, 0.25) is 0 Å². The van der Waals surface area contributed by atoms with Gasteiger partial charge in [-0.3, -0.25) is 4.98 Å². The maximum absolute atomic E-state index is 12.1. The summed E-state index contributed by atoms with van der Waals surface area (Å²) in [5.74, 6) is -0.895. The lowest BCUT2D eigenvalue weighted by Crippen LogP contribution is -2.52. The molecule has 2 aliphatic rings. The van der Waals surface area contributed by atoms with Crippen molar-refractivity contribution >= 4 is 27.5 Å². The number of fused-ring (bicyclic) bond motifs is 3. The van der Waals surface area contributed by atoms with E-state index in [4.69, 9.17) is 16.3 Å². The molecule has 1 aliphatic carbocycles. The Hall–Kier alpha value is -1.96. The molecule has 0 bridgehead atoms. The van der Waals surface area contributed by atoms with E-state index in [2.05, 4.69) is 20.9 Å². The third kappa shape index (κ3) is 2.49. The molecule has 1 saturated carbocycles. The Balaban J connectivity index is 1.85. The molecule has 0 radical (unpaired) electrons. The Bertz CT molecular complexity index is 1100. The van der Waals surface area contributed by atoms with Crippen molar-refractivity contribution in [2.75, 3.05) is 6.61 Å². The number of rotatable bonds is 3. The Kier molecular flexibility index (Phi) is 4.69. The molecule has 1 fully saturated rings. The van der Waals surface area contributed by atoms with E-state index in [1.54, 1.807) is 6.07 Å². The van der Waals surface area contributed by atoms with Crippen molar-refractivity contribution in [1.82, 2.24) is 4.98 Å². The summed E-state index contributed by atoms with van der Waals surface area (Å²) in [5, 5.41) is 34.1. The Morgan fingerprint density at radius 3 is 2.47 bits per heavy atom. The Morgan fingerprint density at radius 2 is 1.80 bits per heavy atom. The highest BCUT2D eigenvalue weighted by molar-refractivity contribution is 9.10. The molecule has 0 spiro atoms. The standard InChI is InChI=1S/C23H19BrClNO4/c24-15-8-6-14(7-9-15)23-19(13-4-2-1-3-5-13)17(12-27)21(28)22(23,29)20-18(30-23)10-16(25)11-26-20/h1-11,17,19,21,27-29H,12H2/t17-,19-,21-,22+,23+/m1/s1. The first kappa shape index (κ1) is 20.0. The molecule has 154 valence electrons. The van der Waals surface area contributed by atoms with Gasteiger partial charge in [0.15, 0.2) is 11.2 Å². The largest absolute Gasteiger partial charge is 0.476 e. The van der Waals surface area contributed by atoms with Gasteiger partial charge in [0.1, 0.15) is 11.4 Å². The number of benzene rings is 2. The van der Waals surface area contributed by atoms with Gasteiger partial charge in [-0.15, -0.1) is 0 Å². The molecule has 0 saturated heterocycles. The van der Waals surface area contributed by atoms with Gasteiger partial charge in [0, 0.05) is 35.2 Å². The monoisotopic (exact) mass is 487 g/mol. The van der Waals surface area contributed by atoms with Crippen LogP contribution in [0, 0.1) is 5.92 Å². The number of nitrogens with zero attached hydrogens (tertiary/aromatic N) is 1. The topological polar surface area (TPSA) is 82.8 Å². The van der Waals surface area contributed by atoms with Crippen molar-refractivity contribution < 1.29 is 20.1 Å². The van der Waals surface area contributed by atoms with Crippen molar-refractivity contribution in [2.24, 2.45) is 5.92 Å². The molecule has 5 nitrogen and oxygen atoms in total. The van der Waals surface area contributed by atoms with Crippen LogP contribution in [0.1, 0.15) is 22.7 Å². The normalized spacial score (nSPS) is 31.8. The molecular formula is C23H19BrClNO4. The molecule has 0 unspecified atom stereocenters. The number of aromatic nitrogens is 1. The summed E-state index contributed by atoms with van der Waals surface area (Å²) in [5.41, 5.74) is -1.55. The highest BCUT2D eigenvalue weighted by atomic mass is 79.9. The van der Waals surface area contributed by atoms with Gasteiger partial charge in [-0.2, -0.15) is 0 Å². The fraction of sp³-hybridized carbons (Fsp3) is 0.261.